The number of ether oxygens (including phenoxy) is 2. The fourth-order valence-corrected chi connectivity index (χ4v) is 2.24. The van der Waals surface area contributed by atoms with Gasteiger partial charge in [0.2, 0.25) is 0 Å². The molecule has 0 saturated carbocycles. The average Bonchev–Trinajstić information content (AvgIpc) is 2.50. The number of rotatable bonds is 3. The van der Waals surface area contributed by atoms with E-state index in [9.17, 15) is 5.11 Å². The molecule has 1 aromatic rings. The zero-order valence-corrected chi connectivity index (χ0v) is 10.1. The van der Waals surface area contributed by atoms with Crippen molar-refractivity contribution in [2.75, 3.05) is 19.0 Å². The molecule has 88 valence electrons. The van der Waals surface area contributed by atoms with E-state index in [1.807, 2.05) is 18.2 Å². The van der Waals surface area contributed by atoms with Crippen LogP contribution in [-0.4, -0.2) is 30.2 Å². The van der Waals surface area contributed by atoms with E-state index in [1.54, 1.807) is 18.7 Å². The highest BCUT2D eigenvalue weighted by atomic mass is 32.2. The van der Waals surface area contributed by atoms with E-state index >= 15 is 0 Å². The Morgan fingerprint density at radius 2 is 2.06 bits per heavy atom. The molecule has 1 atom stereocenters. The first-order valence-electron chi connectivity index (χ1n) is 5.46. The lowest BCUT2D eigenvalue weighted by Crippen LogP contribution is -2.02. The molecule has 1 aliphatic heterocycles. The summed E-state index contributed by atoms with van der Waals surface area (Å²) in [5.74, 6) is 2.33. The maximum Gasteiger partial charge on any atom is 0.162 e. The smallest absolute Gasteiger partial charge is 0.162 e. The second-order valence-corrected chi connectivity index (χ2v) is 4.91. The summed E-state index contributed by atoms with van der Waals surface area (Å²) < 4.78 is 11.1. The molecule has 0 unspecified atom stereocenters. The third kappa shape index (κ3) is 3.06. The van der Waals surface area contributed by atoms with Gasteiger partial charge in [-0.25, -0.2) is 0 Å². The van der Waals surface area contributed by atoms with Crippen LogP contribution in [0, 0.1) is 0 Å². The molecule has 0 aliphatic carbocycles. The van der Waals surface area contributed by atoms with Crippen molar-refractivity contribution in [2.24, 2.45) is 0 Å². The molecule has 0 fully saturated rings. The second-order valence-electron chi connectivity index (χ2n) is 3.82. The van der Waals surface area contributed by atoms with E-state index in [1.165, 1.54) is 0 Å². The minimum atomic E-state index is -0.291. The van der Waals surface area contributed by atoms with Crippen LogP contribution in [0.1, 0.15) is 13.3 Å². The summed E-state index contributed by atoms with van der Waals surface area (Å²) in [5.41, 5.74) is 0. The Hall–Kier alpha value is -0.870. The Bertz CT molecular complexity index is 352. The van der Waals surface area contributed by atoms with E-state index < -0.39 is 0 Å². The molecular weight excluding hydrogens is 224 g/mol. The largest absolute Gasteiger partial charge is 0.490 e. The summed E-state index contributed by atoms with van der Waals surface area (Å²) in [6, 6.07) is 5.92. The third-order valence-electron chi connectivity index (χ3n) is 2.21. The molecule has 0 saturated heterocycles. The van der Waals surface area contributed by atoms with E-state index in [0.717, 1.165) is 22.8 Å². The van der Waals surface area contributed by atoms with Crippen molar-refractivity contribution in [3.05, 3.63) is 18.2 Å². The number of aliphatic hydroxyl groups excluding tert-OH is 1. The molecule has 16 heavy (non-hydrogen) atoms. The lowest BCUT2D eigenvalue weighted by molar-refractivity contribution is 0.220. The number of benzene rings is 1. The van der Waals surface area contributed by atoms with Crippen LogP contribution in [-0.2, 0) is 0 Å². The minimum Gasteiger partial charge on any atom is -0.490 e. The number of hydrogen-bond donors (Lipinski definition) is 1. The fraction of sp³-hybridized carbons (Fsp3) is 0.500. The van der Waals surface area contributed by atoms with Gasteiger partial charge in [0.25, 0.3) is 0 Å². The van der Waals surface area contributed by atoms with Crippen LogP contribution in [0.5, 0.6) is 11.5 Å². The molecule has 0 amide bonds. The van der Waals surface area contributed by atoms with E-state index in [-0.39, 0.29) is 6.10 Å². The SMILES string of the molecule is C[C@@H](O)CSc1ccc2c(c1)OCCCO2. The Morgan fingerprint density at radius 3 is 2.81 bits per heavy atom. The monoisotopic (exact) mass is 240 g/mol. The molecule has 0 radical (unpaired) electrons. The zero-order chi connectivity index (χ0) is 11.4. The molecule has 1 aromatic carbocycles. The summed E-state index contributed by atoms with van der Waals surface area (Å²) in [6.07, 6.45) is 0.631. The molecule has 1 aliphatic rings. The molecule has 1 N–H and O–H groups in total. The lowest BCUT2D eigenvalue weighted by Gasteiger charge is -2.09. The number of thioether (sulfide) groups is 1. The maximum absolute atomic E-state index is 9.22. The van der Waals surface area contributed by atoms with Crippen molar-refractivity contribution in [3.8, 4) is 11.5 Å². The minimum absolute atomic E-state index is 0.291. The highest BCUT2D eigenvalue weighted by Gasteiger charge is 2.10. The molecule has 3 nitrogen and oxygen atoms in total. The Labute approximate surface area is 99.8 Å². The maximum atomic E-state index is 9.22. The number of aliphatic hydroxyl groups is 1. The third-order valence-corrected chi connectivity index (χ3v) is 3.45. The van der Waals surface area contributed by atoms with Gasteiger partial charge in [0.05, 0.1) is 19.3 Å². The van der Waals surface area contributed by atoms with Gasteiger partial charge in [0.1, 0.15) is 0 Å². The van der Waals surface area contributed by atoms with Crippen LogP contribution in [0.25, 0.3) is 0 Å². The highest BCUT2D eigenvalue weighted by Crippen LogP contribution is 2.33. The van der Waals surface area contributed by atoms with Crippen molar-refractivity contribution in [3.63, 3.8) is 0 Å². The summed E-state index contributed by atoms with van der Waals surface area (Å²) in [7, 11) is 0. The predicted octanol–water partition coefficient (Wildman–Crippen LogP) is 2.32. The van der Waals surface area contributed by atoms with Crippen LogP contribution in [0.15, 0.2) is 23.1 Å². The Balaban J connectivity index is 2.08. The van der Waals surface area contributed by atoms with Crippen molar-refractivity contribution in [1.29, 1.82) is 0 Å². The van der Waals surface area contributed by atoms with Crippen molar-refractivity contribution in [2.45, 2.75) is 24.3 Å². The van der Waals surface area contributed by atoms with Gasteiger partial charge in [0.15, 0.2) is 11.5 Å². The van der Waals surface area contributed by atoms with Gasteiger partial charge in [-0.3, -0.25) is 0 Å². The standard InChI is InChI=1S/C12H16O3S/c1-9(13)8-16-10-3-4-11-12(7-10)15-6-2-5-14-11/h3-4,7,9,13H,2,5-6,8H2,1H3/t9-/m1/s1. The van der Waals surface area contributed by atoms with Gasteiger partial charge in [-0.05, 0) is 25.1 Å². The first-order valence-corrected chi connectivity index (χ1v) is 6.45. The fourth-order valence-electron chi connectivity index (χ4n) is 1.45. The van der Waals surface area contributed by atoms with Crippen LogP contribution >= 0.6 is 11.8 Å². The molecule has 0 bridgehead atoms. The van der Waals surface area contributed by atoms with Gasteiger partial charge in [0, 0.05) is 17.1 Å². The summed E-state index contributed by atoms with van der Waals surface area (Å²) in [6.45, 7) is 3.21. The number of fused-ring (bicyclic) bond motifs is 1. The molecule has 0 aromatic heterocycles. The highest BCUT2D eigenvalue weighted by molar-refractivity contribution is 7.99. The van der Waals surface area contributed by atoms with E-state index in [0.29, 0.717) is 19.0 Å². The van der Waals surface area contributed by atoms with Crippen molar-refractivity contribution in [1.82, 2.24) is 0 Å². The Morgan fingerprint density at radius 1 is 1.31 bits per heavy atom. The second kappa shape index (κ2) is 5.46. The van der Waals surface area contributed by atoms with Gasteiger partial charge >= 0.3 is 0 Å². The molecular formula is C12H16O3S. The zero-order valence-electron chi connectivity index (χ0n) is 9.31. The van der Waals surface area contributed by atoms with Crippen LogP contribution in [0.3, 0.4) is 0 Å². The van der Waals surface area contributed by atoms with E-state index in [4.69, 9.17) is 9.47 Å². The molecule has 2 rings (SSSR count). The average molecular weight is 240 g/mol. The molecule has 4 heteroatoms. The first-order chi connectivity index (χ1) is 7.75. The van der Waals surface area contributed by atoms with Crippen molar-refractivity contribution < 1.29 is 14.6 Å². The van der Waals surface area contributed by atoms with Gasteiger partial charge < -0.3 is 14.6 Å². The molecule has 1 heterocycles. The summed E-state index contributed by atoms with van der Waals surface area (Å²) in [5, 5.41) is 9.22. The lowest BCUT2D eigenvalue weighted by atomic mass is 10.3. The molecule has 0 spiro atoms. The Kier molecular flexibility index (Phi) is 3.96. The van der Waals surface area contributed by atoms with Crippen LogP contribution in [0.4, 0.5) is 0 Å². The van der Waals surface area contributed by atoms with Crippen LogP contribution in [0.2, 0.25) is 0 Å². The predicted molar refractivity (Wildman–Crippen MR) is 64.5 cm³/mol. The van der Waals surface area contributed by atoms with Crippen molar-refractivity contribution >= 4 is 11.8 Å². The summed E-state index contributed by atoms with van der Waals surface area (Å²) in [4.78, 5) is 1.10. The first kappa shape index (κ1) is 11.6. The van der Waals surface area contributed by atoms with Gasteiger partial charge in [-0.1, -0.05) is 0 Å². The van der Waals surface area contributed by atoms with Gasteiger partial charge in [-0.15, -0.1) is 11.8 Å². The van der Waals surface area contributed by atoms with Crippen LogP contribution < -0.4 is 9.47 Å². The number of hydrogen-bond acceptors (Lipinski definition) is 4. The normalized spacial score (nSPS) is 16.6. The summed E-state index contributed by atoms with van der Waals surface area (Å²) >= 11 is 1.62. The quantitative estimate of drug-likeness (QED) is 0.823. The van der Waals surface area contributed by atoms with E-state index in [2.05, 4.69) is 0 Å². The topological polar surface area (TPSA) is 38.7 Å². The van der Waals surface area contributed by atoms with Gasteiger partial charge in [-0.2, -0.15) is 0 Å².